The molecule has 0 bridgehead atoms. The first-order chi connectivity index (χ1) is 13.2. The Morgan fingerprint density at radius 2 is 1.96 bits per heavy atom. The SMILES string of the molecule is COc1ccccc1-c1cccc(NC(=O)N[C@@H]2COC3(CCCC3)C2)c1. The Bertz CT molecular complexity index is 815. The Morgan fingerprint density at radius 3 is 2.78 bits per heavy atom. The molecule has 27 heavy (non-hydrogen) atoms. The minimum Gasteiger partial charge on any atom is -0.496 e. The molecule has 1 heterocycles. The van der Waals surface area contributed by atoms with Crippen LogP contribution in [0.2, 0.25) is 0 Å². The molecule has 5 heteroatoms. The zero-order valence-corrected chi connectivity index (χ0v) is 15.7. The zero-order valence-electron chi connectivity index (χ0n) is 15.7. The second-order valence-corrected chi connectivity index (χ2v) is 7.48. The molecule has 2 aliphatic rings. The first kappa shape index (κ1) is 17.9. The fraction of sp³-hybridized carbons (Fsp3) is 0.409. The molecule has 4 rings (SSSR count). The van der Waals surface area contributed by atoms with E-state index < -0.39 is 0 Å². The van der Waals surface area contributed by atoms with E-state index in [-0.39, 0.29) is 17.7 Å². The van der Waals surface area contributed by atoms with E-state index in [0.29, 0.717) is 6.61 Å². The van der Waals surface area contributed by atoms with Gasteiger partial charge in [-0.1, -0.05) is 43.2 Å². The topological polar surface area (TPSA) is 59.6 Å². The van der Waals surface area contributed by atoms with Crippen LogP contribution in [-0.2, 0) is 4.74 Å². The maximum Gasteiger partial charge on any atom is 0.319 e. The highest BCUT2D eigenvalue weighted by Gasteiger charge is 2.42. The number of anilines is 1. The van der Waals surface area contributed by atoms with Crippen LogP contribution in [0.25, 0.3) is 11.1 Å². The first-order valence-corrected chi connectivity index (χ1v) is 9.62. The minimum atomic E-state index is -0.184. The molecule has 142 valence electrons. The van der Waals surface area contributed by atoms with Crippen LogP contribution in [0, 0.1) is 0 Å². The van der Waals surface area contributed by atoms with Crippen molar-refractivity contribution in [1.29, 1.82) is 0 Å². The van der Waals surface area contributed by atoms with E-state index in [0.717, 1.165) is 41.8 Å². The summed E-state index contributed by atoms with van der Waals surface area (Å²) in [5, 5.41) is 6.01. The highest BCUT2D eigenvalue weighted by atomic mass is 16.5. The fourth-order valence-corrected chi connectivity index (χ4v) is 4.30. The lowest BCUT2D eigenvalue weighted by Crippen LogP contribution is -2.39. The number of carbonyl (C=O) groups excluding carboxylic acids is 1. The van der Waals surface area contributed by atoms with Gasteiger partial charge in [0, 0.05) is 11.3 Å². The molecule has 0 aromatic heterocycles. The smallest absolute Gasteiger partial charge is 0.319 e. The number of hydrogen-bond donors (Lipinski definition) is 2. The zero-order chi connectivity index (χ0) is 18.7. The number of nitrogens with one attached hydrogen (secondary N) is 2. The van der Waals surface area contributed by atoms with Crippen LogP contribution >= 0.6 is 0 Å². The lowest BCUT2D eigenvalue weighted by atomic mass is 9.96. The summed E-state index contributed by atoms with van der Waals surface area (Å²) in [5.74, 6) is 0.809. The third-order valence-electron chi connectivity index (χ3n) is 5.60. The number of hydrogen-bond acceptors (Lipinski definition) is 3. The lowest BCUT2D eigenvalue weighted by Gasteiger charge is -2.21. The number of benzene rings is 2. The van der Waals surface area contributed by atoms with Gasteiger partial charge in [0.2, 0.25) is 0 Å². The Kier molecular flexibility index (Phi) is 5.03. The molecular weight excluding hydrogens is 340 g/mol. The molecule has 2 fully saturated rings. The lowest BCUT2D eigenvalue weighted by molar-refractivity contribution is 0.00998. The predicted molar refractivity (Wildman–Crippen MR) is 106 cm³/mol. The fourth-order valence-electron chi connectivity index (χ4n) is 4.30. The van der Waals surface area contributed by atoms with Crippen molar-refractivity contribution < 1.29 is 14.3 Å². The quantitative estimate of drug-likeness (QED) is 0.832. The molecule has 5 nitrogen and oxygen atoms in total. The van der Waals surface area contributed by atoms with Crippen molar-refractivity contribution in [3.63, 3.8) is 0 Å². The molecule has 1 atom stereocenters. The summed E-state index contributed by atoms with van der Waals surface area (Å²) in [7, 11) is 1.66. The molecular formula is C22H26N2O3. The van der Waals surface area contributed by atoms with Gasteiger partial charge in [-0.25, -0.2) is 4.79 Å². The Morgan fingerprint density at radius 1 is 1.15 bits per heavy atom. The maximum absolute atomic E-state index is 12.4. The predicted octanol–water partition coefficient (Wildman–Crippen LogP) is 4.59. The van der Waals surface area contributed by atoms with Gasteiger partial charge in [-0.3, -0.25) is 0 Å². The van der Waals surface area contributed by atoms with E-state index in [1.54, 1.807) is 7.11 Å². The molecule has 1 aliphatic carbocycles. The summed E-state index contributed by atoms with van der Waals surface area (Å²) >= 11 is 0. The largest absolute Gasteiger partial charge is 0.496 e. The molecule has 0 radical (unpaired) electrons. The van der Waals surface area contributed by atoms with Crippen LogP contribution in [0.1, 0.15) is 32.1 Å². The van der Waals surface area contributed by atoms with Crippen LogP contribution in [0.15, 0.2) is 48.5 Å². The summed E-state index contributed by atoms with van der Waals surface area (Å²) < 4.78 is 11.5. The Hall–Kier alpha value is -2.53. The van der Waals surface area contributed by atoms with Crippen molar-refractivity contribution in [2.75, 3.05) is 19.0 Å². The van der Waals surface area contributed by atoms with Gasteiger partial charge in [0.25, 0.3) is 0 Å². The van der Waals surface area contributed by atoms with Crippen LogP contribution in [0.5, 0.6) is 5.75 Å². The van der Waals surface area contributed by atoms with Crippen molar-refractivity contribution in [2.24, 2.45) is 0 Å². The normalized spacial score (nSPS) is 20.6. The van der Waals surface area contributed by atoms with E-state index in [1.165, 1.54) is 12.8 Å². The number of carbonyl (C=O) groups is 1. The van der Waals surface area contributed by atoms with E-state index >= 15 is 0 Å². The van der Waals surface area contributed by atoms with Gasteiger partial charge in [-0.15, -0.1) is 0 Å². The van der Waals surface area contributed by atoms with Gasteiger partial charge in [0.15, 0.2) is 0 Å². The molecule has 1 saturated heterocycles. The highest BCUT2D eigenvalue weighted by Crippen LogP contribution is 2.40. The summed E-state index contributed by atoms with van der Waals surface area (Å²) in [6.07, 6.45) is 5.62. The molecule has 2 aromatic carbocycles. The molecule has 0 unspecified atom stereocenters. The monoisotopic (exact) mass is 366 g/mol. The summed E-state index contributed by atoms with van der Waals surface area (Å²) in [6, 6.07) is 15.6. The van der Waals surface area contributed by atoms with E-state index in [1.807, 2.05) is 48.5 Å². The van der Waals surface area contributed by atoms with Crippen molar-refractivity contribution in [2.45, 2.75) is 43.7 Å². The molecule has 1 saturated carbocycles. The molecule has 2 amide bonds. The minimum absolute atomic E-state index is 0.0156. The molecule has 2 N–H and O–H groups in total. The average molecular weight is 366 g/mol. The average Bonchev–Trinajstić information content (AvgIpc) is 3.31. The van der Waals surface area contributed by atoms with E-state index in [4.69, 9.17) is 9.47 Å². The van der Waals surface area contributed by atoms with Gasteiger partial charge >= 0.3 is 6.03 Å². The van der Waals surface area contributed by atoms with Crippen LogP contribution in [0.4, 0.5) is 10.5 Å². The Balaban J connectivity index is 1.40. The van der Waals surface area contributed by atoms with Gasteiger partial charge < -0.3 is 20.1 Å². The molecule has 1 spiro atoms. The second-order valence-electron chi connectivity index (χ2n) is 7.48. The van der Waals surface area contributed by atoms with Gasteiger partial charge in [-0.2, -0.15) is 0 Å². The first-order valence-electron chi connectivity index (χ1n) is 9.62. The number of amides is 2. The van der Waals surface area contributed by atoms with Gasteiger partial charge in [-0.05, 0) is 43.0 Å². The van der Waals surface area contributed by atoms with Crippen molar-refractivity contribution in [1.82, 2.24) is 5.32 Å². The van der Waals surface area contributed by atoms with Crippen LogP contribution < -0.4 is 15.4 Å². The van der Waals surface area contributed by atoms with Crippen LogP contribution in [0.3, 0.4) is 0 Å². The Labute approximate surface area is 160 Å². The highest BCUT2D eigenvalue weighted by molar-refractivity contribution is 5.90. The number of ether oxygens (including phenoxy) is 2. The molecule has 2 aromatic rings. The van der Waals surface area contributed by atoms with Gasteiger partial charge in [0.1, 0.15) is 5.75 Å². The summed E-state index contributed by atoms with van der Waals surface area (Å²) in [6.45, 7) is 0.606. The second kappa shape index (κ2) is 7.61. The summed E-state index contributed by atoms with van der Waals surface area (Å²) in [4.78, 5) is 12.4. The van der Waals surface area contributed by atoms with Gasteiger partial charge in [0.05, 0.1) is 25.4 Å². The summed E-state index contributed by atoms with van der Waals surface area (Å²) in [5.41, 5.74) is 2.77. The number of para-hydroxylation sites is 1. The standard InChI is InChI=1S/C22H26N2O3/c1-26-20-10-3-2-9-19(20)16-7-6-8-17(13-16)23-21(25)24-18-14-22(27-15-18)11-4-5-12-22/h2-3,6-10,13,18H,4-5,11-12,14-15H2,1H3,(H2,23,24,25)/t18-/m0/s1. The van der Waals surface area contributed by atoms with Crippen molar-refractivity contribution in [3.8, 4) is 16.9 Å². The third kappa shape index (κ3) is 3.93. The number of urea groups is 1. The van der Waals surface area contributed by atoms with E-state index in [9.17, 15) is 4.79 Å². The number of methoxy groups -OCH3 is 1. The van der Waals surface area contributed by atoms with Crippen LogP contribution in [-0.4, -0.2) is 31.4 Å². The van der Waals surface area contributed by atoms with E-state index in [2.05, 4.69) is 10.6 Å². The maximum atomic E-state index is 12.4. The third-order valence-corrected chi connectivity index (χ3v) is 5.60. The molecule has 1 aliphatic heterocycles. The van der Waals surface area contributed by atoms with Crippen molar-refractivity contribution in [3.05, 3.63) is 48.5 Å². The number of rotatable bonds is 4. The van der Waals surface area contributed by atoms with Crippen molar-refractivity contribution >= 4 is 11.7 Å².